The summed E-state index contributed by atoms with van der Waals surface area (Å²) < 4.78 is 4.68. The molecule has 78 valence electrons. The van der Waals surface area contributed by atoms with E-state index in [0.29, 0.717) is 13.1 Å². The molecule has 0 aromatic carbocycles. The van der Waals surface area contributed by atoms with Gasteiger partial charge >= 0.3 is 6.09 Å². The van der Waals surface area contributed by atoms with E-state index in [2.05, 4.69) is 4.74 Å². The van der Waals surface area contributed by atoms with Gasteiger partial charge in [-0.25, -0.2) is 4.79 Å². The molecule has 4 heteroatoms. The number of hydrogen-bond donors (Lipinski definition) is 1. The van der Waals surface area contributed by atoms with E-state index in [1.165, 1.54) is 7.11 Å². The maximum atomic E-state index is 11.4. The van der Waals surface area contributed by atoms with E-state index in [1.54, 1.807) is 4.90 Å². The van der Waals surface area contributed by atoms with Gasteiger partial charge in [-0.1, -0.05) is 6.92 Å². The molecule has 0 heterocycles. The number of carbonyl (C=O) groups is 1. The number of rotatable bonds is 4. The second kappa shape index (κ2) is 5.07. The minimum Gasteiger partial charge on any atom is -0.453 e. The van der Waals surface area contributed by atoms with Crippen LogP contribution >= 0.6 is 0 Å². The average molecular weight is 188 g/mol. The molecule has 13 heavy (non-hydrogen) atoms. The van der Waals surface area contributed by atoms with Gasteiger partial charge in [0.25, 0.3) is 0 Å². The zero-order valence-corrected chi connectivity index (χ0v) is 8.96. The number of carbonyl (C=O) groups excluding carboxylic acids is 1. The van der Waals surface area contributed by atoms with E-state index >= 15 is 0 Å². The monoisotopic (exact) mass is 188 g/mol. The third-order valence-corrected chi connectivity index (χ3v) is 2.56. The SMILES string of the molecule is CCN(C(=O)OC)C(C)(CC)CN. The van der Waals surface area contributed by atoms with E-state index in [4.69, 9.17) is 5.73 Å². The largest absolute Gasteiger partial charge is 0.453 e. The Bertz CT molecular complexity index is 167. The molecule has 0 rings (SSSR count). The zero-order valence-electron chi connectivity index (χ0n) is 8.96. The van der Waals surface area contributed by atoms with Crippen LogP contribution in [0.1, 0.15) is 27.2 Å². The molecular formula is C9H20N2O2. The van der Waals surface area contributed by atoms with Crippen molar-refractivity contribution in [1.29, 1.82) is 0 Å². The molecule has 4 nitrogen and oxygen atoms in total. The first-order valence-corrected chi connectivity index (χ1v) is 4.61. The highest BCUT2D eigenvalue weighted by Gasteiger charge is 2.31. The fraction of sp³-hybridized carbons (Fsp3) is 0.889. The van der Waals surface area contributed by atoms with E-state index in [-0.39, 0.29) is 11.6 Å². The van der Waals surface area contributed by atoms with Gasteiger partial charge in [0.1, 0.15) is 0 Å². The maximum absolute atomic E-state index is 11.4. The number of hydrogen-bond acceptors (Lipinski definition) is 3. The molecule has 0 spiro atoms. The van der Waals surface area contributed by atoms with Gasteiger partial charge in [-0.3, -0.25) is 0 Å². The van der Waals surface area contributed by atoms with Crippen molar-refractivity contribution < 1.29 is 9.53 Å². The van der Waals surface area contributed by atoms with Gasteiger partial charge in [0.2, 0.25) is 0 Å². The first kappa shape index (κ1) is 12.2. The van der Waals surface area contributed by atoms with Gasteiger partial charge in [0.05, 0.1) is 12.6 Å². The van der Waals surface area contributed by atoms with Crippen molar-refractivity contribution in [1.82, 2.24) is 4.90 Å². The molecule has 0 aliphatic heterocycles. The van der Waals surface area contributed by atoms with Crippen LogP contribution in [0.3, 0.4) is 0 Å². The predicted molar refractivity (Wildman–Crippen MR) is 52.5 cm³/mol. The summed E-state index contributed by atoms with van der Waals surface area (Å²) in [5.41, 5.74) is 5.35. The number of methoxy groups -OCH3 is 1. The summed E-state index contributed by atoms with van der Waals surface area (Å²) in [4.78, 5) is 13.0. The standard InChI is InChI=1S/C9H20N2O2/c1-5-9(3,7-10)11(6-2)8(12)13-4/h5-7,10H2,1-4H3. The van der Waals surface area contributed by atoms with Crippen molar-refractivity contribution in [3.8, 4) is 0 Å². The average Bonchev–Trinajstić information content (AvgIpc) is 2.18. The summed E-state index contributed by atoms with van der Waals surface area (Å²) in [7, 11) is 1.39. The zero-order chi connectivity index (χ0) is 10.5. The molecule has 1 unspecified atom stereocenters. The first-order chi connectivity index (χ1) is 6.05. The fourth-order valence-electron chi connectivity index (χ4n) is 1.29. The number of nitrogens with zero attached hydrogens (tertiary/aromatic N) is 1. The lowest BCUT2D eigenvalue weighted by Crippen LogP contribution is -2.53. The molecule has 0 aliphatic rings. The van der Waals surface area contributed by atoms with Crippen LogP contribution in [-0.4, -0.2) is 36.7 Å². The molecule has 1 atom stereocenters. The van der Waals surface area contributed by atoms with Crippen LogP contribution < -0.4 is 5.73 Å². The smallest absolute Gasteiger partial charge is 0.409 e. The first-order valence-electron chi connectivity index (χ1n) is 4.61. The highest BCUT2D eigenvalue weighted by atomic mass is 16.5. The Morgan fingerprint density at radius 2 is 2.08 bits per heavy atom. The van der Waals surface area contributed by atoms with E-state index in [0.717, 1.165) is 6.42 Å². The third kappa shape index (κ3) is 2.59. The lowest BCUT2D eigenvalue weighted by molar-refractivity contribution is 0.0738. The molecule has 0 fully saturated rings. The van der Waals surface area contributed by atoms with Gasteiger partial charge in [-0.05, 0) is 20.3 Å². The van der Waals surface area contributed by atoms with Gasteiger partial charge in [-0.2, -0.15) is 0 Å². The molecule has 0 saturated carbocycles. The van der Waals surface area contributed by atoms with Crippen molar-refractivity contribution in [3.63, 3.8) is 0 Å². The summed E-state index contributed by atoms with van der Waals surface area (Å²) in [6.07, 6.45) is 0.518. The number of likely N-dealkylation sites (N-methyl/N-ethyl adjacent to an activating group) is 1. The second-order valence-corrected chi connectivity index (χ2v) is 3.27. The summed E-state index contributed by atoms with van der Waals surface area (Å²) >= 11 is 0. The minimum absolute atomic E-state index is 0.290. The molecule has 0 saturated heterocycles. The molecule has 0 radical (unpaired) electrons. The van der Waals surface area contributed by atoms with Gasteiger partial charge in [0.15, 0.2) is 0 Å². The predicted octanol–water partition coefficient (Wildman–Crippen LogP) is 1.20. The summed E-state index contributed by atoms with van der Waals surface area (Å²) in [6.45, 7) is 6.97. The van der Waals surface area contributed by atoms with Crippen molar-refractivity contribution in [2.75, 3.05) is 20.2 Å². The van der Waals surface area contributed by atoms with Gasteiger partial charge in [-0.15, -0.1) is 0 Å². The van der Waals surface area contributed by atoms with Crippen molar-refractivity contribution in [3.05, 3.63) is 0 Å². The van der Waals surface area contributed by atoms with Crippen molar-refractivity contribution in [2.24, 2.45) is 5.73 Å². The highest BCUT2D eigenvalue weighted by molar-refractivity contribution is 5.68. The van der Waals surface area contributed by atoms with Crippen LogP contribution in [0, 0.1) is 0 Å². The lowest BCUT2D eigenvalue weighted by Gasteiger charge is -2.38. The van der Waals surface area contributed by atoms with Crippen LogP contribution in [0.25, 0.3) is 0 Å². The minimum atomic E-state index is -0.308. The van der Waals surface area contributed by atoms with Crippen LogP contribution in [0.5, 0.6) is 0 Å². The number of ether oxygens (including phenoxy) is 1. The van der Waals surface area contributed by atoms with E-state index in [1.807, 2.05) is 20.8 Å². The fourth-order valence-corrected chi connectivity index (χ4v) is 1.29. The lowest BCUT2D eigenvalue weighted by atomic mass is 9.97. The third-order valence-electron chi connectivity index (χ3n) is 2.56. The molecule has 0 aliphatic carbocycles. The summed E-state index contributed by atoms with van der Waals surface area (Å²) in [5.74, 6) is 0. The Morgan fingerprint density at radius 1 is 1.54 bits per heavy atom. The Hall–Kier alpha value is -0.770. The van der Waals surface area contributed by atoms with Gasteiger partial charge < -0.3 is 15.4 Å². The summed E-state index contributed by atoms with van der Waals surface area (Å²) in [5, 5.41) is 0. The Kier molecular flexibility index (Phi) is 4.77. The molecule has 2 N–H and O–H groups in total. The normalized spacial score (nSPS) is 14.8. The molecular weight excluding hydrogens is 168 g/mol. The number of nitrogens with two attached hydrogens (primary N) is 1. The van der Waals surface area contributed by atoms with Crippen LogP contribution in [0.15, 0.2) is 0 Å². The van der Waals surface area contributed by atoms with Crippen molar-refractivity contribution >= 4 is 6.09 Å². The topological polar surface area (TPSA) is 55.6 Å². The van der Waals surface area contributed by atoms with Crippen LogP contribution in [0.4, 0.5) is 4.79 Å². The second-order valence-electron chi connectivity index (χ2n) is 3.27. The maximum Gasteiger partial charge on any atom is 0.409 e. The van der Waals surface area contributed by atoms with Gasteiger partial charge in [0, 0.05) is 13.1 Å². The molecule has 0 aromatic rings. The van der Waals surface area contributed by atoms with Crippen LogP contribution in [0.2, 0.25) is 0 Å². The Balaban J connectivity index is 4.62. The Labute approximate surface area is 80.0 Å². The quantitative estimate of drug-likeness (QED) is 0.721. The Morgan fingerprint density at radius 3 is 2.31 bits per heavy atom. The van der Waals surface area contributed by atoms with Crippen LogP contribution in [-0.2, 0) is 4.74 Å². The number of amides is 1. The van der Waals surface area contributed by atoms with E-state index in [9.17, 15) is 4.79 Å². The van der Waals surface area contributed by atoms with Crippen molar-refractivity contribution in [2.45, 2.75) is 32.7 Å². The molecule has 0 bridgehead atoms. The molecule has 1 amide bonds. The van der Waals surface area contributed by atoms with E-state index < -0.39 is 0 Å². The highest BCUT2D eigenvalue weighted by Crippen LogP contribution is 2.18. The summed E-state index contributed by atoms with van der Waals surface area (Å²) in [6, 6.07) is 0. The molecule has 0 aromatic heterocycles.